The second-order valence-corrected chi connectivity index (χ2v) is 6.34. The van der Waals surface area contributed by atoms with Crippen molar-refractivity contribution in [3.8, 4) is 0 Å². The van der Waals surface area contributed by atoms with Crippen LogP contribution in [-0.4, -0.2) is 0 Å². The fourth-order valence-electron chi connectivity index (χ4n) is 3.09. The predicted octanol–water partition coefficient (Wildman–Crippen LogP) is 11.4. The summed E-state index contributed by atoms with van der Waals surface area (Å²) < 4.78 is 0. The second kappa shape index (κ2) is 21.0. The molecule has 0 radical (unpaired) electrons. The number of rotatable bonds is 5. The number of nitrogens with zero attached hydrogens (tertiary/aromatic N) is 1. The van der Waals surface area contributed by atoms with E-state index in [1.54, 1.807) is 0 Å². The Labute approximate surface area is 215 Å². The van der Waals surface area contributed by atoms with Gasteiger partial charge >= 0.3 is 0 Å². The van der Waals surface area contributed by atoms with Crippen molar-refractivity contribution in [3.05, 3.63) is 126 Å². The molecule has 0 spiro atoms. The van der Waals surface area contributed by atoms with Gasteiger partial charge in [0.2, 0.25) is 0 Å². The van der Waals surface area contributed by atoms with Gasteiger partial charge in [-0.3, -0.25) is 0 Å². The Morgan fingerprint density at radius 1 is 0.343 bits per heavy atom. The molecule has 0 N–H and O–H groups in total. The van der Waals surface area contributed by atoms with E-state index in [1.807, 2.05) is 73.6 Å². The van der Waals surface area contributed by atoms with E-state index in [4.69, 9.17) is 0 Å². The monoisotopic (exact) mass is 467 g/mol. The summed E-state index contributed by atoms with van der Waals surface area (Å²) in [6.07, 6.45) is 4.29. The zero-order valence-electron chi connectivity index (χ0n) is 23.1. The lowest BCUT2D eigenvalue weighted by molar-refractivity contribution is 1.28. The largest absolute Gasteiger partial charge is 0.311 e. The third-order valence-electron chi connectivity index (χ3n) is 4.45. The van der Waals surface area contributed by atoms with Crippen molar-refractivity contribution in [2.75, 3.05) is 4.90 Å². The molecule has 0 atom stereocenters. The summed E-state index contributed by atoms with van der Waals surface area (Å²) in [5.41, 5.74) is 5.83. The van der Waals surface area contributed by atoms with Gasteiger partial charge in [-0.2, -0.15) is 0 Å². The topological polar surface area (TPSA) is 3.24 Å². The molecule has 0 aliphatic carbocycles. The first-order valence-corrected chi connectivity index (χ1v) is 13.1. The summed E-state index contributed by atoms with van der Waals surface area (Å²) in [5, 5.41) is 0. The molecule has 4 rings (SSSR count). The summed E-state index contributed by atoms with van der Waals surface area (Å²) in [4.78, 5) is 2.27. The quantitative estimate of drug-likeness (QED) is 0.264. The highest BCUT2D eigenvalue weighted by Crippen LogP contribution is 2.34. The minimum absolute atomic E-state index is 1.14. The Balaban J connectivity index is 0.00000132. The van der Waals surface area contributed by atoms with Crippen molar-refractivity contribution >= 4 is 29.2 Å². The third-order valence-corrected chi connectivity index (χ3v) is 4.45. The van der Waals surface area contributed by atoms with Crippen LogP contribution >= 0.6 is 0 Å². The van der Waals surface area contributed by atoms with Crippen LogP contribution in [0.1, 0.15) is 66.5 Å². The van der Waals surface area contributed by atoms with Crippen molar-refractivity contribution in [2.45, 2.75) is 55.4 Å². The highest BCUT2D eigenvalue weighted by molar-refractivity contribution is 5.78. The van der Waals surface area contributed by atoms with Crippen LogP contribution in [0.5, 0.6) is 0 Å². The van der Waals surface area contributed by atoms with Gasteiger partial charge in [0.15, 0.2) is 0 Å². The maximum atomic E-state index is 2.27. The van der Waals surface area contributed by atoms with Gasteiger partial charge in [0.25, 0.3) is 0 Å². The van der Waals surface area contributed by atoms with E-state index in [0.29, 0.717) is 0 Å². The van der Waals surface area contributed by atoms with Crippen molar-refractivity contribution < 1.29 is 0 Å². The van der Waals surface area contributed by atoms with E-state index in [2.05, 4.69) is 114 Å². The summed E-state index contributed by atoms with van der Waals surface area (Å²) in [6, 6.07) is 39.9. The van der Waals surface area contributed by atoms with Crippen LogP contribution in [0.4, 0.5) is 17.1 Å². The van der Waals surface area contributed by atoms with E-state index in [-0.39, 0.29) is 0 Å². The fourth-order valence-corrected chi connectivity index (χ4v) is 3.09. The molecule has 0 heterocycles. The molecular weight excluding hydrogens is 422 g/mol. The standard InChI is InChI=1S/C26H21N.4C2H6/c1-4-10-22(11-5-1)16-17-23-18-20-26(21-19-23)27(24-12-6-2-7-13-24)25-14-8-3-9-15-25;4*1-2/h1-21H;4*1-2H3/b17-16+;;;;. The van der Waals surface area contributed by atoms with Gasteiger partial charge in [-0.05, 0) is 47.5 Å². The molecule has 0 unspecified atom stereocenters. The van der Waals surface area contributed by atoms with Crippen LogP contribution in [0.15, 0.2) is 115 Å². The van der Waals surface area contributed by atoms with Crippen LogP contribution < -0.4 is 4.90 Å². The molecule has 0 bridgehead atoms. The molecular formula is C34H45N. The molecule has 35 heavy (non-hydrogen) atoms. The van der Waals surface area contributed by atoms with Gasteiger partial charge < -0.3 is 4.90 Å². The van der Waals surface area contributed by atoms with Crippen LogP contribution in [0.2, 0.25) is 0 Å². The molecule has 4 aromatic rings. The molecule has 0 aromatic heterocycles. The molecule has 186 valence electrons. The lowest BCUT2D eigenvalue weighted by Gasteiger charge is -2.25. The Morgan fingerprint density at radius 3 is 1.00 bits per heavy atom. The average molecular weight is 468 g/mol. The van der Waals surface area contributed by atoms with Crippen molar-refractivity contribution in [2.24, 2.45) is 0 Å². The zero-order valence-corrected chi connectivity index (χ0v) is 23.1. The molecule has 4 aromatic carbocycles. The fraction of sp³-hybridized carbons (Fsp3) is 0.235. The summed E-state index contributed by atoms with van der Waals surface area (Å²) in [5.74, 6) is 0. The predicted molar refractivity (Wildman–Crippen MR) is 162 cm³/mol. The highest BCUT2D eigenvalue weighted by atomic mass is 15.1. The summed E-state index contributed by atoms with van der Waals surface area (Å²) in [6.45, 7) is 16.0. The van der Waals surface area contributed by atoms with Gasteiger partial charge in [0, 0.05) is 17.1 Å². The molecule has 1 nitrogen and oxygen atoms in total. The van der Waals surface area contributed by atoms with Gasteiger partial charge in [-0.1, -0.05) is 146 Å². The SMILES string of the molecule is C(=C\c1ccc(N(c2ccccc2)c2ccccc2)cc1)/c1ccccc1.CC.CC.CC.CC. The van der Waals surface area contributed by atoms with E-state index in [9.17, 15) is 0 Å². The highest BCUT2D eigenvalue weighted by Gasteiger charge is 2.11. The first kappa shape index (κ1) is 31.4. The van der Waals surface area contributed by atoms with Gasteiger partial charge in [-0.15, -0.1) is 0 Å². The van der Waals surface area contributed by atoms with Crippen molar-refractivity contribution in [1.82, 2.24) is 0 Å². The molecule has 0 amide bonds. The van der Waals surface area contributed by atoms with E-state index in [0.717, 1.165) is 17.1 Å². The Morgan fingerprint density at radius 2 is 0.629 bits per heavy atom. The third kappa shape index (κ3) is 10.9. The lowest BCUT2D eigenvalue weighted by Crippen LogP contribution is -2.09. The van der Waals surface area contributed by atoms with Gasteiger partial charge in [-0.25, -0.2) is 0 Å². The first-order chi connectivity index (χ1) is 17.4. The van der Waals surface area contributed by atoms with Crippen LogP contribution in [-0.2, 0) is 0 Å². The maximum Gasteiger partial charge on any atom is 0.0462 e. The van der Waals surface area contributed by atoms with Crippen LogP contribution in [0.25, 0.3) is 12.2 Å². The zero-order chi connectivity index (χ0) is 26.3. The minimum Gasteiger partial charge on any atom is -0.311 e. The molecule has 0 saturated heterocycles. The van der Waals surface area contributed by atoms with Gasteiger partial charge in [0.1, 0.15) is 0 Å². The number of hydrogen-bond acceptors (Lipinski definition) is 1. The maximum absolute atomic E-state index is 2.27. The van der Waals surface area contributed by atoms with Crippen LogP contribution in [0.3, 0.4) is 0 Å². The number of para-hydroxylation sites is 2. The lowest BCUT2D eigenvalue weighted by atomic mass is 10.1. The van der Waals surface area contributed by atoms with Gasteiger partial charge in [0.05, 0.1) is 0 Å². The number of anilines is 3. The Kier molecular flexibility index (Phi) is 18.8. The molecule has 0 fully saturated rings. The summed E-state index contributed by atoms with van der Waals surface area (Å²) in [7, 11) is 0. The van der Waals surface area contributed by atoms with E-state index < -0.39 is 0 Å². The first-order valence-electron chi connectivity index (χ1n) is 13.1. The van der Waals surface area contributed by atoms with Crippen molar-refractivity contribution in [1.29, 1.82) is 0 Å². The smallest absolute Gasteiger partial charge is 0.0462 e. The molecule has 0 saturated carbocycles. The number of hydrogen-bond donors (Lipinski definition) is 0. The van der Waals surface area contributed by atoms with E-state index in [1.165, 1.54) is 11.1 Å². The second-order valence-electron chi connectivity index (χ2n) is 6.34. The number of benzene rings is 4. The van der Waals surface area contributed by atoms with Crippen molar-refractivity contribution in [3.63, 3.8) is 0 Å². The Bertz CT molecular complexity index is 949. The van der Waals surface area contributed by atoms with Crippen LogP contribution in [0, 0.1) is 0 Å². The van der Waals surface area contributed by atoms with E-state index >= 15 is 0 Å². The molecule has 0 aliphatic heterocycles. The summed E-state index contributed by atoms with van der Waals surface area (Å²) >= 11 is 0. The minimum atomic E-state index is 1.14. The average Bonchev–Trinajstić information content (AvgIpc) is 2.99. The molecule has 1 heteroatoms. The Hall–Kier alpha value is -3.58. The normalized spacial score (nSPS) is 9.03. The molecule has 0 aliphatic rings.